The van der Waals surface area contributed by atoms with Gasteiger partial charge in [0.05, 0.1) is 6.10 Å². The predicted molar refractivity (Wildman–Crippen MR) is 88.2 cm³/mol. The zero-order chi connectivity index (χ0) is 16.4. The second-order valence-electron chi connectivity index (χ2n) is 7.04. The molecule has 2 aliphatic heterocycles. The summed E-state index contributed by atoms with van der Waals surface area (Å²) in [6, 6.07) is 0.602. The van der Waals surface area contributed by atoms with Crippen molar-refractivity contribution in [2.75, 3.05) is 40.3 Å². The SMILES string of the molecule is CN(C)C1CCN(CCC(=O)C2=CC3CC(=O)COC3C=C2)C1. The first-order chi connectivity index (χ1) is 11.0. The lowest BCUT2D eigenvalue weighted by atomic mass is 9.86. The molecule has 0 aromatic rings. The van der Waals surface area contributed by atoms with Gasteiger partial charge >= 0.3 is 0 Å². The summed E-state index contributed by atoms with van der Waals surface area (Å²) in [4.78, 5) is 28.6. The van der Waals surface area contributed by atoms with Crippen LogP contribution in [0.15, 0.2) is 23.8 Å². The van der Waals surface area contributed by atoms with E-state index in [9.17, 15) is 9.59 Å². The number of hydrogen-bond acceptors (Lipinski definition) is 5. The molecule has 2 heterocycles. The van der Waals surface area contributed by atoms with E-state index >= 15 is 0 Å². The van der Waals surface area contributed by atoms with Crippen LogP contribution in [0.25, 0.3) is 0 Å². The molecule has 3 unspecified atom stereocenters. The molecular formula is C18H26N2O3. The van der Waals surface area contributed by atoms with E-state index in [1.807, 2.05) is 18.2 Å². The van der Waals surface area contributed by atoms with Gasteiger partial charge in [-0.05, 0) is 27.1 Å². The number of nitrogens with zero attached hydrogens (tertiary/aromatic N) is 2. The fraction of sp³-hybridized carbons (Fsp3) is 0.667. The van der Waals surface area contributed by atoms with Crippen molar-refractivity contribution in [3.63, 3.8) is 0 Å². The summed E-state index contributed by atoms with van der Waals surface area (Å²) >= 11 is 0. The zero-order valence-corrected chi connectivity index (χ0v) is 14.0. The van der Waals surface area contributed by atoms with Crippen molar-refractivity contribution in [2.45, 2.75) is 31.4 Å². The van der Waals surface area contributed by atoms with Crippen LogP contribution < -0.4 is 0 Å². The Bertz CT molecular complexity index is 538. The van der Waals surface area contributed by atoms with Crippen LogP contribution in [0.4, 0.5) is 0 Å². The van der Waals surface area contributed by atoms with Crippen molar-refractivity contribution in [1.29, 1.82) is 0 Å². The minimum absolute atomic E-state index is 0.0325. The lowest BCUT2D eigenvalue weighted by molar-refractivity contribution is -0.132. The topological polar surface area (TPSA) is 49.9 Å². The number of hydrogen-bond donors (Lipinski definition) is 0. The van der Waals surface area contributed by atoms with Crippen molar-refractivity contribution < 1.29 is 14.3 Å². The number of fused-ring (bicyclic) bond motifs is 1. The van der Waals surface area contributed by atoms with Gasteiger partial charge in [0, 0.05) is 43.5 Å². The van der Waals surface area contributed by atoms with E-state index in [4.69, 9.17) is 4.74 Å². The highest BCUT2D eigenvalue weighted by Crippen LogP contribution is 2.27. The molecule has 23 heavy (non-hydrogen) atoms. The molecule has 0 radical (unpaired) electrons. The van der Waals surface area contributed by atoms with Crippen LogP contribution in [0, 0.1) is 5.92 Å². The summed E-state index contributed by atoms with van der Waals surface area (Å²) < 4.78 is 5.49. The molecule has 0 aromatic heterocycles. The van der Waals surface area contributed by atoms with Crippen LogP contribution in [0.2, 0.25) is 0 Å². The average Bonchev–Trinajstić information content (AvgIpc) is 3.01. The smallest absolute Gasteiger partial charge is 0.163 e. The number of likely N-dealkylation sites (N-methyl/N-ethyl adjacent to an activating group) is 1. The second kappa shape index (κ2) is 7.07. The molecule has 2 saturated heterocycles. The maximum absolute atomic E-state index is 12.4. The highest BCUT2D eigenvalue weighted by molar-refractivity contribution is 5.98. The van der Waals surface area contributed by atoms with E-state index in [-0.39, 0.29) is 30.2 Å². The summed E-state index contributed by atoms with van der Waals surface area (Å²) in [5.41, 5.74) is 0.743. The van der Waals surface area contributed by atoms with Crippen molar-refractivity contribution in [1.82, 2.24) is 9.80 Å². The molecule has 126 valence electrons. The molecule has 5 nitrogen and oxygen atoms in total. The van der Waals surface area contributed by atoms with E-state index in [0.717, 1.165) is 25.2 Å². The maximum atomic E-state index is 12.4. The highest BCUT2D eigenvalue weighted by Gasteiger charge is 2.30. The van der Waals surface area contributed by atoms with Gasteiger partial charge in [-0.3, -0.25) is 9.59 Å². The number of Topliss-reactive ketones (excluding diaryl/α,β-unsaturated/α-hetero) is 2. The average molecular weight is 318 g/mol. The van der Waals surface area contributed by atoms with Crippen molar-refractivity contribution in [2.24, 2.45) is 5.92 Å². The number of rotatable bonds is 5. The summed E-state index contributed by atoms with van der Waals surface area (Å²) in [5, 5.41) is 0. The third-order valence-electron chi connectivity index (χ3n) is 5.14. The maximum Gasteiger partial charge on any atom is 0.163 e. The van der Waals surface area contributed by atoms with Gasteiger partial charge in [-0.1, -0.05) is 18.2 Å². The Hall–Kier alpha value is -1.30. The van der Waals surface area contributed by atoms with Gasteiger partial charge in [0.2, 0.25) is 0 Å². The molecule has 3 atom stereocenters. The molecule has 0 bridgehead atoms. The minimum atomic E-state index is -0.0383. The summed E-state index contributed by atoms with van der Waals surface area (Å²) in [5.74, 6) is 0.326. The monoisotopic (exact) mass is 318 g/mol. The molecule has 3 aliphatic rings. The van der Waals surface area contributed by atoms with Crippen LogP contribution >= 0.6 is 0 Å². The largest absolute Gasteiger partial charge is 0.366 e. The fourth-order valence-corrected chi connectivity index (χ4v) is 3.61. The normalized spacial score (nSPS) is 31.3. The van der Waals surface area contributed by atoms with Gasteiger partial charge in [-0.15, -0.1) is 0 Å². The molecule has 0 amide bonds. The molecule has 0 spiro atoms. The fourth-order valence-electron chi connectivity index (χ4n) is 3.61. The lowest BCUT2D eigenvalue weighted by Crippen LogP contribution is -2.34. The van der Waals surface area contributed by atoms with Gasteiger partial charge in [0.1, 0.15) is 6.61 Å². The number of carbonyl (C=O) groups excluding carboxylic acids is 2. The van der Waals surface area contributed by atoms with E-state index in [1.54, 1.807) is 0 Å². The minimum Gasteiger partial charge on any atom is -0.366 e. The van der Waals surface area contributed by atoms with Crippen molar-refractivity contribution in [3.05, 3.63) is 23.8 Å². The molecule has 1 aliphatic carbocycles. The van der Waals surface area contributed by atoms with Crippen LogP contribution in [0.3, 0.4) is 0 Å². The second-order valence-corrected chi connectivity index (χ2v) is 7.04. The zero-order valence-electron chi connectivity index (χ0n) is 14.0. The first kappa shape index (κ1) is 16.6. The number of carbonyl (C=O) groups is 2. The summed E-state index contributed by atoms with van der Waals surface area (Å²) in [6.07, 6.45) is 7.91. The Labute approximate surface area is 138 Å². The predicted octanol–water partition coefficient (Wildman–Crippen LogP) is 1.05. The van der Waals surface area contributed by atoms with E-state index in [0.29, 0.717) is 18.9 Å². The standard InChI is InChI=1S/C18H26N2O3/c1-19(2)15-5-7-20(11-15)8-6-17(22)13-3-4-18-14(9-13)10-16(21)12-23-18/h3-4,9,14-15,18H,5-8,10-12H2,1-2H3. The van der Waals surface area contributed by atoms with Crippen molar-refractivity contribution in [3.8, 4) is 0 Å². The lowest BCUT2D eigenvalue weighted by Gasteiger charge is -2.29. The number of ether oxygens (including phenoxy) is 1. The highest BCUT2D eigenvalue weighted by atomic mass is 16.5. The molecule has 3 rings (SSSR count). The Morgan fingerprint density at radius 2 is 2.26 bits per heavy atom. The summed E-state index contributed by atoms with van der Waals surface area (Å²) in [6.45, 7) is 3.13. The van der Waals surface area contributed by atoms with Gasteiger partial charge in [-0.2, -0.15) is 0 Å². The van der Waals surface area contributed by atoms with Crippen LogP contribution in [0.1, 0.15) is 19.3 Å². The molecule has 0 saturated carbocycles. The Kier molecular flexibility index (Phi) is 5.09. The molecule has 0 N–H and O–H groups in total. The molecule has 5 heteroatoms. The van der Waals surface area contributed by atoms with Crippen LogP contribution in [0.5, 0.6) is 0 Å². The Morgan fingerprint density at radius 1 is 1.43 bits per heavy atom. The van der Waals surface area contributed by atoms with Gasteiger partial charge in [0.15, 0.2) is 11.6 Å². The third kappa shape index (κ3) is 3.97. The number of ketones is 2. The first-order valence-electron chi connectivity index (χ1n) is 8.48. The van der Waals surface area contributed by atoms with Gasteiger partial charge in [-0.25, -0.2) is 0 Å². The quantitative estimate of drug-likeness (QED) is 0.758. The third-order valence-corrected chi connectivity index (χ3v) is 5.14. The molecule has 2 fully saturated rings. The number of allylic oxidation sites excluding steroid dienone is 2. The molecule has 0 aromatic carbocycles. The van der Waals surface area contributed by atoms with E-state index < -0.39 is 0 Å². The Balaban J connectivity index is 1.51. The van der Waals surface area contributed by atoms with Crippen LogP contribution in [-0.2, 0) is 14.3 Å². The summed E-state index contributed by atoms with van der Waals surface area (Å²) in [7, 11) is 4.22. The first-order valence-corrected chi connectivity index (χ1v) is 8.48. The van der Waals surface area contributed by atoms with Crippen LogP contribution in [-0.4, -0.2) is 73.8 Å². The van der Waals surface area contributed by atoms with Crippen molar-refractivity contribution >= 4 is 11.6 Å². The molecular weight excluding hydrogens is 292 g/mol. The van der Waals surface area contributed by atoms with Gasteiger partial charge in [0.25, 0.3) is 0 Å². The van der Waals surface area contributed by atoms with Gasteiger partial charge < -0.3 is 14.5 Å². The Morgan fingerprint density at radius 3 is 3.00 bits per heavy atom. The van der Waals surface area contributed by atoms with E-state index in [1.165, 1.54) is 6.42 Å². The van der Waals surface area contributed by atoms with E-state index in [2.05, 4.69) is 23.9 Å². The number of likely N-dealkylation sites (tertiary alicyclic amines) is 1.